The van der Waals surface area contributed by atoms with E-state index >= 15 is 0 Å². The molecular weight excluding hydrogens is 533 g/mol. The van der Waals surface area contributed by atoms with E-state index in [0.717, 1.165) is 44.3 Å². The maximum absolute atomic E-state index is 13.0. The number of amides is 3. The molecule has 2 N–H and O–H groups in total. The lowest BCUT2D eigenvalue weighted by atomic mass is 10.0. The number of hydrogen-bond acceptors (Lipinski definition) is 6. The molecule has 0 spiro atoms. The van der Waals surface area contributed by atoms with Gasteiger partial charge in [0.15, 0.2) is 0 Å². The maximum Gasteiger partial charge on any atom is 0.317 e. The first-order valence-corrected chi connectivity index (χ1v) is 14.4. The van der Waals surface area contributed by atoms with Gasteiger partial charge in [-0.05, 0) is 73.6 Å². The van der Waals surface area contributed by atoms with Crippen molar-refractivity contribution in [1.29, 1.82) is 0 Å². The third-order valence-electron chi connectivity index (χ3n) is 6.77. The van der Waals surface area contributed by atoms with E-state index in [1.165, 1.54) is 0 Å². The fraction of sp³-hybridized carbons (Fsp3) is 0.577. The molecule has 8 nitrogen and oxygen atoms in total. The molecule has 1 unspecified atom stereocenters. The largest absolute Gasteiger partial charge is 0.385 e. The molecule has 0 aliphatic carbocycles. The van der Waals surface area contributed by atoms with Crippen LogP contribution in [0.5, 0.6) is 0 Å². The first kappa shape index (κ1) is 29.6. The van der Waals surface area contributed by atoms with E-state index < -0.39 is 0 Å². The van der Waals surface area contributed by atoms with Crippen LogP contribution in [0.15, 0.2) is 22.9 Å². The number of aryl methyl sites for hydroxylation is 1. The third-order valence-corrected chi connectivity index (χ3v) is 7.97. The summed E-state index contributed by atoms with van der Waals surface area (Å²) in [6.45, 7) is 8.17. The number of nitrogens with one attached hydrogen (secondary N) is 2. The number of piperidine rings is 1. The zero-order valence-corrected chi connectivity index (χ0v) is 24.1. The SMILES string of the molecule is COCCCNC(=O)N(Cc1ccsc1)C1CCN(C(C)CCNC(=O)c2c(C)cc(Cl)nc2Cl)CC1. The summed E-state index contributed by atoms with van der Waals surface area (Å²) in [5.41, 5.74) is 2.23. The predicted octanol–water partition coefficient (Wildman–Crippen LogP) is 4.98. The summed E-state index contributed by atoms with van der Waals surface area (Å²) in [7, 11) is 1.67. The molecule has 204 valence electrons. The molecule has 1 aliphatic heterocycles. The Labute approximate surface area is 233 Å². The number of likely N-dealkylation sites (tertiary alicyclic amines) is 1. The number of ether oxygens (including phenoxy) is 1. The molecule has 1 aliphatic rings. The molecule has 0 radical (unpaired) electrons. The standard InChI is InChI=1S/C26H37Cl2N5O3S/c1-18-15-22(27)31-24(28)23(18)25(34)29-10-5-19(2)32-11-6-21(7-12-32)33(16-20-8-14-37-17-20)26(35)30-9-4-13-36-3/h8,14-15,17,19,21H,4-7,9-13,16H2,1-3H3,(H,29,34)(H,30,35). The number of urea groups is 1. The zero-order chi connectivity index (χ0) is 26.8. The molecule has 3 rings (SSSR count). The highest BCUT2D eigenvalue weighted by Crippen LogP contribution is 2.23. The van der Waals surface area contributed by atoms with Crippen molar-refractivity contribution in [3.63, 3.8) is 0 Å². The first-order valence-electron chi connectivity index (χ1n) is 12.7. The number of halogens is 2. The van der Waals surface area contributed by atoms with Gasteiger partial charge in [-0.3, -0.25) is 4.79 Å². The molecule has 3 heterocycles. The fourth-order valence-corrected chi connectivity index (χ4v) is 5.91. The number of carbonyl (C=O) groups is 2. The number of rotatable bonds is 12. The van der Waals surface area contributed by atoms with Crippen LogP contribution in [0, 0.1) is 6.92 Å². The zero-order valence-electron chi connectivity index (χ0n) is 21.8. The number of aromatic nitrogens is 1. The van der Waals surface area contributed by atoms with Crippen LogP contribution in [0.25, 0.3) is 0 Å². The summed E-state index contributed by atoms with van der Waals surface area (Å²) in [6, 6.07) is 4.19. The summed E-state index contributed by atoms with van der Waals surface area (Å²) >= 11 is 13.7. The minimum Gasteiger partial charge on any atom is -0.385 e. The smallest absolute Gasteiger partial charge is 0.317 e. The van der Waals surface area contributed by atoms with Crippen molar-refractivity contribution < 1.29 is 14.3 Å². The summed E-state index contributed by atoms with van der Waals surface area (Å²) < 4.78 is 5.09. The van der Waals surface area contributed by atoms with Gasteiger partial charge in [0, 0.05) is 58.5 Å². The van der Waals surface area contributed by atoms with Crippen LogP contribution >= 0.6 is 34.5 Å². The average molecular weight is 571 g/mol. The second-order valence-corrected chi connectivity index (χ2v) is 11.0. The van der Waals surface area contributed by atoms with Gasteiger partial charge in [0.25, 0.3) is 5.91 Å². The Balaban J connectivity index is 1.48. The molecule has 3 amide bonds. The summed E-state index contributed by atoms with van der Waals surface area (Å²) in [5.74, 6) is -0.238. The van der Waals surface area contributed by atoms with Gasteiger partial charge >= 0.3 is 6.03 Å². The predicted molar refractivity (Wildman–Crippen MR) is 150 cm³/mol. The van der Waals surface area contributed by atoms with Crippen molar-refractivity contribution >= 4 is 46.5 Å². The molecule has 0 bridgehead atoms. The molecule has 37 heavy (non-hydrogen) atoms. The van der Waals surface area contributed by atoms with Crippen LogP contribution in [0.2, 0.25) is 10.3 Å². The Kier molecular flexibility index (Phi) is 11.9. The van der Waals surface area contributed by atoms with E-state index in [0.29, 0.717) is 43.4 Å². The first-order chi connectivity index (χ1) is 17.8. The molecule has 1 atom stereocenters. The number of nitrogens with zero attached hydrogens (tertiary/aromatic N) is 3. The highest BCUT2D eigenvalue weighted by molar-refractivity contribution is 7.07. The van der Waals surface area contributed by atoms with E-state index in [1.807, 2.05) is 10.3 Å². The molecule has 1 fully saturated rings. The van der Waals surface area contributed by atoms with Crippen molar-refractivity contribution in [2.24, 2.45) is 0 Å². The van der Waals surface area contributed by atoms with E-state index in [-0.39, 0.29) is 28.3 Å². The molecule has 2 aromatic rings. The lowest BCUT2D eigenvalue weighted by Gasteiger charge is -2.40. The Bertz CT molecular complexity index is 993. The van der Waals surface area contributed by atoms with Crippen LogP contribution < -0.4 is 10.6 Å². The molecule has 0 saturated carbocycles. The number of carbonyl (C=O) groups excluding carboxylic acids is 2. The van der Waals surface area contributed by atoms with Gasteiger partial charge in [0.1, 0.15) is 10.3 Å². The van der Waals surface area contributed by atoms with E-state index in [9.17, 15) is 9.59 Å². The summed E-state index contributed by atoms with van der Waals surface area (Å²) in [6.07, 6.45) is 3.43. The lowest BCUT2D eigenvalue weighted by molar-refractivity contribution is 0.0903. The van der Waals surface area contributed by atoms with Crippen LogP contribution in [0.4, 0.5) is 4.79 Å². The lowest BCUT2D eigenvalue weighted by Crippen LogP contribution is -2.52. The fourth-order valence-electron chi connectivity index (χ4n) is 4.63. The van der Waals surface area contributed by atoms with Gasteiger partial charge in [-0.25, -0.2) is 9.78 Å². The van der Waals surface area contributed by atoms with Crippen molar-refractivity contribution in [1.82, 2.24) is 25.4 Å². The molecule has 2 aromatic heterocycles. The second kappa shape index (κ2) is 14.9. The Hall–Kier alpha value is -1.91. The van der Waals surface area contributed by atoms with Gasteiger partial charge in [0.05, 0.1) is 5.56 Å². The van der Waals surface area contributed by atoms with Gasteiger partial charge in [-0.2, -0.15) is 11.3 Å². The third kappa shape index (κ3) is 8.82. The van der Waals surface area contributed by atoms with Crippen molar-refractivity contribution in [3.05, 3.63) is 49.9 Å². The monoisotopic (exact) mass is 569 g/mol. The van der Waals surface area contributed by atoms with Gasteiger partial charge in [0.2, 0.25) is 0 Å². The average Bonchev–Trinajstić information content (AvgIpc) is 3.38. The summed E-state index contributed by atoms with van der Waals surface area (Å²) in [4.78, 5) is 34.1. The minimum atomic E-state index is -0.238. The highest BCUT2D eigenvalue weighted by Gasteiger charge is 2.29. The molecular formula is C26H37Cl2N5O3S. The minimum absolute atomic E-state index is 0.0119. The molecule has 0 aromatic carbocycles. The van der Waals surface area contributed by atoms with E-state index in [2.05, 4.69) is 38.9 Å². The van der Waals surface area contributed by atoms with Crippen LogP contribution in [-0.4, -0.2) is 78.7 Å². The van der Waals surface area contributed by atoms with Crippen molar-refractivity contribution in [2.75, 3.05) is 39.9 Å². The van der Waals surface area contributed by atoms with Gasteiger partial charge < -0.3 is 25.2 Å². The highest BCUT2D eigenvalue weighted by atomic mass is 35.5. The molecule has 11 heteroatoms. The molecule has 1 saturated heterocycles. The summed E-state index contributed by atoms with van der Waals surface area (Å²) in [5, 5.41) is 10.6. The number of hydrogen-bond donors (Lipinski definition) is 2. The van der Waals surface area contributed by atoms with Gasteiger partial charge in [-0.1, -0.05) is 23.2 Å². The Morgan fingerprint density at radius 2 is 2.03 bits per heavy atom. The maximum atomic E-state index is 13.0. The van der Waals surface area contributed by atoms with Crippen molar-refractivity contribution in [3.8, 4) is 0 Å². The van der Waals surface area contributed by atoms with Crippen LogP contribution in [0.1, 0.15) is 54.1 Å². The van der Waals surface area contributed by atoms with Crippen LogP contribution in [0.3, 0.4) is 0 Å². The number of methoxy groups -OCH3 is 1. The Morgan fingerprint density at radius 3 is 2.68 bits per heavy atom. The van der Waals surface area contributed by atoms with E-state index in [1.54, 1.807) is 31.4 Å². The van der Waals surface area contributed by atoms with Crippen LogP contribution in [-0.2, 0) is 11.3 Å². The van der Waals surface area contributed by atoms with E-state index in [4.69, 9.17) is 27.9 Å². The topological polar surface area (TPSA) is 86.8 Å². The second-order valence-electron chi connectivity index (χ2n) is 9.43. The van der Waals surface area contributed by atoms with Gasteiger partial charge in [-0.15, -0.1) is 0 Å². The normalized spacial score (nSPS) is 15.4. The van der Waals surface area contributed by atoms with Crippen molar-refractivity contribution in [2.45, 2.75) is 58.2 Å². The quantitative estimate of drug-likeness (QED) is 0.278. The Morgan fingerprint density at radius 1 is 1.27 bits per heavy atom. The number of thiophene rings is 1. The number of pyridine rings is 1.